The van der Waals surface area contributed by atoms with Gasteiger partial charge in [0.05, 0.1) is 13.8 Å². The summed E-state index contributed by atoms with van der Waals surface area (Å²) in [5.74, 6) is -0.571. The molecule has 1 saturated carbocycles. The molecule has 0 saturated heterocycles. The average Bonchev–Trinajstić information content (AvgIpc) is 3.42. The van der Waals surface area contributed by atoms with Crippen molar-refractivity contribution in [3.05, 3.63) is 76.6 Å². The van der Waals surface area contributed by atoms with Crippen LogP contribution in [0.3, 0.4) is 0 Å². The molecule has 1 aliphatic rings. The van der Waals surface area contributed by atoms with Gasteiger partial charge in [0.2, 0.25) is 5.71 Å². The molecule has 45 heavy (non-hydrogen) atoms. The van der Waals surface area contributed by atoms with Crippen molar-refractivity contribution in [2.75, 3.05) is 0 Å². The molecule has 1 aliphatic carbocycles. The Bertz CT molecular complexity index is 2130. The maximum Gasteiger partial charge on any atom is 0.227 e. The van der Waals surface area contributed by atoms with E-state index in [0.29, 0.717) is 22.4 Å². The molecule has 1 fully saturated rings. The topological polar surface area (TPSA) is 38.9 Å². The smallest absolute Gasteiger partial charge is 0.227 e. The number of aromatic nitrogens is 2. The zero-order valence-electron chi connectivity index (χ0n) is 35.4. The Morgan fingerprint density at radius 2 is 1.60 bits per heavy atom. The lowest BCUT2D eigenvalue weighted by molar-refractivity contribution is 0.224. The van der Waals surface area contributed by atoms with Gasteiger partial charge in [-0.15, -0.1) is 0 Å². The van der Waals surface area contributed by atoms with Crippen LogP contribution in [-0.4, -0.2) is 18.0 Å². The first-order chi connectivity index (χ1) is 23.9. The van der Waals surface area contributed by atoms with E-state index >= 15 is 0 Å². The molecule has 3 nitrogen and oxygen atoms in total. The van der Waals surface area contributed by atoms with E-state index in [-0.39, 0.29) is 34.2 Å². The van der Waals surface area contributed by atoms with Crippen molar-refractivity contribution in [2.45, 2.75) is 118 Å². The van der Waals surface area contributed by atoms with Crippen LogP contribution in [0, 0.1) is 19.1 Å². The van der Waals surface area contributed by atoms with Crippen LogP contribution in [0.5, 0.6) is 0 Å². The number of furan rings is 1. The Morgan fingerprint density at radius 3 is 2.20 bits per heavy atom. The van der Waals surface area contributed by atoms with E-state index < -0.39 is 27.7 Å². The fourth-order valence-corrected chi connectivity index (χ4v) is 8.61. The van der Waals surface area contributed by atoms with Gasteiger partial charge < -0.3 is 4.42 Å². The van der Waals surface area contributed by atoms with E-state index in [2.05, 4.69) is 84.4 Å². The van der Waals surface area contributed by atoms with Crippen molar-refractivity contribution in [1.29, 1.82) is 0 Å². The zero-order chi connectivity index (χ0) is 38.3. The van der Waals surface area contributed by atoms with Crippen molar-refractivity contribution in [3.8, 4) is 22.4 Å². The molecule has 0 radical (unpaired) electrons. The minimum absolute atomic E-state index is 0.0325. The second-order valence-corrected chi connectivity index (χ2v) is 20.5. The van der Waals surface area contributed by atoms with E-state index in [0.717, 1.165) is 63.9 Å². The normalized spacial score (nSPS) is 19.6. The average molecular weight is 624 g/mol. The maximum atomic E-state index is 9.66. The van der Waals surface area contributed by atoms with Gasteiger partial charge >= 0.3 is 0 Å². The lowest BCUT2D eigenvalue weighted by Crippen LogP contribution is -2.37. The maximum absolute atomic E-state index is 9.66. The number of rotatable bonds is 6. The highest BCUT2D eigenvalue weighted by molar-refractivity contribution is 6.90. The lowest BCUT2D eigenvalue weighted by Gasteiger charge is -2.35. The molecule has 3 aromatic heterocycles. The number of hydrogen-bond donors (Lipinski definition) is 0. The van der Waals surface area contributed by atoms with Gasteiger partial charge in [0.25, 0.3) is 0 Å². The number of fused-ring (bicyclic) bond motifs is 3. The summed E-state index contributed by atoms with van der Waals surface area (Å²) in [7, 11) is -1.93. The Balaban J connectivity index is 1.64. The molecular formula is C41H52N2OSi. The fourth-order valence-electron chi connectivity index (χ4n) is 7.03. The van der Waals surface area contributed by atoms with E-state index in [1.54, 1.807) is 12.1 Å². The summed E-state index contributed by atoms with van der Waals surface area (Å²) >= 11 is 0. The Morgan fingerprint density at radius 1 is 0.911 bits per heavy atom. The van der Waals surface area contributed by atoms with Crippen LogP contribution in [0.1, 0.15) is 122 Å². The highest BCUT2D eigenvalue weighted by atomic mass is 28.3. The first-order valence-electron chi connectivity index (χ1n) is 20.0. The van der Waals surface area contributed by atoms with Gasteiger partial charge in [0.1, 0.15) is 5.58 Å². The quantitative estimate of drug-likeness (QED) is 0.177. The van der Waals surface area contributed by atoms with E-state index in [1.807, 2.05) is 12.1 Å². The molecule has 0 atom stereocenters. The molecule has 0 aliphatic heterocycles. The van der Waals surface area contributed by atoms with Crippen molar-refractivity contribution < 1.29 is 14.0 Å². The Hall–Kier alpha value is -3.24. The second kappa shape index (κ2) is 11.5. The third-order valence-corrected chi connectivity index (χ3v) is 11.8. The highest BCUT2D eigenvalue weighted by Crippen LogP contribution is 2.46. The molecule has 3 heterocycles. The first-order valence-corrected chi connectivity index (χ1v) is 20.0. The number of benzene rings is 2. The van der Waals surface area contributed by atoms with Gasteiger partial charge in [0.15, 0.2) is 0 Å². The summed E-state index contributed by atoms with van der Waals surface area (Å²) in [6, 6.07) is 13.7. The summed E-state index contributed by atoms with van der Waals surface area (Å²) in [5, 5.41) is 2.80. The van der Waals surface area contributed by atoms with Crippen molar-refractivity contribution in [2.24, 2.45) is 5.41 Å². The molecular weight excluding hydrogens is 565 g/mol. The third kappa shape index (κ3) is 5.91. The molecule has 6 rings (SSSR count). The number of hydrogen-bond acceptors (Lipinski definition) is 3. The highest BCUT2D eigenvalue weighted by Gasteiger charge is 2.30. The monoisotopic (exact) mass is 623 g/mol. The molecule has 4 heteroatoms. The van der Waals surface area contributed by atoms with Crippen molar-refractivity contribution in [3.63, 3.8) is 0 Å². The molecule has 0 amide bonds. The first kappa shape index (κ1) is 24.0. The van der Waals surface area contributed by atoms with Crippen LogP contribution in [0.15, 0.2) is 53.1 Å². The van der Waals surface area contributed by atoms with Crippen LogP contribution in [0.4, 0.5) is 0 Å². The van der Waals surface area contributed by atoms with Crippen LogP contribution >= 0.6 is 0 Å². The van der Waals surface area contributed by atoms with Gasteiger partial charge in [-0.05, 0) is 125 Å². The SMILES string of the molecule is [2H]C([2H])([2H])c1ccc2c(n1)oc1c(-c3cc(-c4c(C(C)C)cc(C5([2H])CCC(C)(C)CC5)cc4C(C)C)c(C([2H])([2H])[2H])cn3)ccc([Si](C)(C)C)c12. The summed E-state index contributed by atoms with van der Waals surface area (Å²) in [4.78, 5) is 9.24. The minimum Gasteiger partial charge on any atom is -0.437 e. The molecule has 0 N–H and O–H groups in total. The molecule has 0 spiro atoms. The summed E-state index contributed by atoms with van der Waals surface area (Å²) in [6.07, 6.45) is 5.04. The number of aryl methyl sites for hydroxylation is 2. The number of nitrogens with zero attached hydrogens (tertiary/aromatic N) is 2. The molecule has 5 aromatic rings. The van der Waals surface area contributed by atoms with Crippen LogP contribution < -0.4 is 5.19 Å². The largest absolute Gasteiger partial charge is 0.437 e. The fraction of sp³-hybridized carbons (Fsp3) is 0.463. The zero-order valence-corrected chi connectivity index (χ0v) is 29.4. The van der Waals surface area contributed by atoms with E-state index in [9.17, 15) is 1.37 Å². The third-order valence-electron chi connectivity index (χ3n) is 9.80. The van der Waals surface area contributed by atoms with Gasteiger partial charge in [-0.1, -0.05) is 79.4 Å². The minimum atomic E-state index is -2.43. The van der Waals surface area contributed by atoms with Crippen molar-refractivity contribution >= 4 is 35.3 Å². The molecule has 2 aromatic carbocycles. The predicted octanol–water partition coefficient (Wildman–Crippen LogP) is 11.8. The van der Waals surface area contributed by atoms with E-state index in [4.69, 9.17) is 17.6 Å². The van der Waals surface area contributed by atoms with E-state index in [1.165, 1.54) is 6.20 Å². The number of pyridine rings is 2. The predicted molar refractivity (Wildman–Crippen MR) is 196 cm³/mol. The van der Waals surface area contributed by atoms with Gasteiger partial charge in [-0.3, -0.25) is 4.98 Å². The summed E-state index contributed by atoms with van der Waals surface area (Å²) in [6.45, 7) is 15.1. The van der Waals surface area contributed by atoms with Gasteiger partial charge in [0, 0.05) is 37.8 Å². The Kier molecular flexibility index (Phi) is 6.15. The van der Waals surface area contributed by atoms with Crippen LogP contribution in [-0.2, 0) is 0 Å². The van der Waals surface area contributed by atoms with Gasteiger partial charge in [-0.2, -0.15) is 0 Å². The molecule has 0 bridgehead atoms. The molecule has 0 unspecified atom stereocenters. The standard InChI is InChI=1S/C41H52N2OSi/c1-24(2)32-20-29(28-16-18-41(7,8)19-17-28)21-33(25(3)4)37(32)34-22-35(42-23-26(34)5)30-14-15-36(45(9,10)11)38-31-13-12-27(6)43-40(31)44-39(30)38/h12-15,20-25,28H,16-19H2,1-11H3/i5D3,6D3,28D. The second-order valence-electron chi connectivity index (χ2n) is 15.5. The van der Waals surface area contributed by atoms with Crippen molar-refractivity contribution in [1.82, 2.24) is 9.97 Å². The van der Waals surface area contributed by atoms with Gasteiger partial charge in [-0.25, -0.2) is 4.98 Å². The summed E-state index contributed by atoms with van der Waals surface area (Å²) in [5.41, 5.74) is 7.01. The lowest BCUT2D eigenvalue weighted by atomic mass is 9.70. The molecule has 236 valence electrons. The summed E-state index contributed by atoms with van der Waals surface area (Å²) < 4.78 is 65.8. The van der Waals surface area contributed by atoms with Crippen LogP contribution in [0.25, 0.3) is 44.5 Å². The van der Waals surface area contributed by atoms with Crippen LogP contribution in [0.2, 0.25) is 19.6 Å². The Labute approximate surface area is 281 Å².